The number of fused-ring (bicyclic) bond motifs is 1. The maximum atomic E-state index is 12.1. The van der Waals surface area contributed by atoms with Crippen molar-refractivity contribution in [1.82, 2.24) is 0 Å². The van der Waals surface area contributed by atoms with Crippen molar-refractivity contribution in [3.63, 3.8) is 0 Å². The molecule has 0 radical (unpaired) electrons. The number of benzene rings is 1. The van der Waals surface area contributed by atoms with Crippen molar-refractivity contribution in [2.75, 3.05) is 12.8 Å². The van der Waals surface area contributed by atoms with E-state index < -0.39 is 4.92 Å². The van der Waals surface area contributed by atoms with Crippen LogP contribution in [-0.2, 0) is 0 Å². The van der Waals surface area contributed by atoms with Gasteiger partial charge in [0.1, 0.15) is 0 Å². The minimum absolute atomic E-state index is 0.100. The van der Waals surface area contributed by atoms with Crippen LogP contribution in [0.1, 0.15) is 10.4 Å². The molecule has 2 rings (SSSR count). The maximum absolute atomic E-state index is 12.1. The number of rotatable bonds is 3. The van der Waals surface area contributed by atoms with E-state index in [0.29, 0.717) is 15.4 Å². The van der Waals surface area contributed by atoms with Gasteiger partial charge in [0.2, 0.25) is 12.3 Å². The average molecular weight is 267 g/mol. The molecule has 0 fully saturated rings. The first kappa shape index (κ1) is 12.2. The van der Waals surface area contributed by atoms with Gasteiger partial charge in [0.25, 0.3) is 0 Å². The highest BCUT2D eigenvalue weighted by Gasteiger charge is 2.29. The van der Waals surface area contributed by atoms with Gasteiger partial charge in [0.05, 0.1) is 9.81 Å². The first-order valence-corrected chi connectivity index (χ1v) is 6.88. The van der Waals surface area contributed by atoms with E-state index >= 15 is 0 Å². The van der Waals surface area contributed by atoms with Crippen LogP contribution < -0.4 is 0 Å². The number of Topliss-reactive ketones (excluding diaryl/α,β-unsaturated/α-hetero) is 1. The second-order valence-electron chi connectivity index (χ2n) is 3.37. The Morgan fingerprint density at radius 3 is 2.76 bits per heavy atom. The van der Waals surface area contributed by atoms with E-state index in [-0.39, 0.29) is 12.3 Å². The fourth-order valence-electron chi connectivity index (χ4n) is 1.55. The Balaban J connectivity index is 2.41. The highest BCUT2D eigenvalue weighted by molar-refractivity contribution is 8.07. The third-order valence-electron chi connectivity index (χ3n) is 2.32. The lowest BCUT2D eigenvalue weighted by molar-refractivity contribution is -0.469. The van der Waals surface area contributed by atoms with Crippen LogP contribution in [0.5, 0.6) is 0 Å². The van der Waals surface area contributed by atoms with Crippen LogP contribution in [0.15, 0.2) is 39.0 Å². The summed E-state index contributed by atoms with van der Waals surface area (Å²) in [4.78, 5) is 24.1. The van der Waals surface area contributed by atoms with E-state index in [2.05, 4.69) is 0 Å². The molecule has 0 saturated carbocycles. The molecule has 1 aromatic rings. The summed E-state index contributed by atoms with van der Waals surface area (Å²) >= 11 is 2.59. The van der Waals surface area contributed by atoms with Crippen molar-refractivity contribution >= 4 is 29.3 Å². The lowest BCUT2D eigenvalue weighted by atomic mass is 10.1. The average Bonchev–Trinajstić information content (AvgIpc) is 2.64. The van der Waals surface area contributed by atoms with Gasteiger partial charge in [0.15, 0.2) is 0 Å². The molecular weight excluding hydrogens is 258 g/mol. The van der Waals surface area contributed by atoms with Gasteiger partial charge in [-0.2, -0.15) is 0 Å². The third kappa shape index (κ3) is 2.37. The molecule has 4 nitrogen and oxygen atoms in total. The number of thioether (sulfide) groups is 2. The van der Waals surface area contributed by atoms with Crippen LogP contribution in [0.3, 0.4) is 0 Å². The highest BCUT2D eigenvalue weighted by atomic mass is 32.2. The standard InChI is InChI=1S/C11H9NO3S2/c1-16-9(6-12(14)15)11-10(13)7-4-2-3-5-8(7)17-11/h2-5H,6H2,1H3/b11-9+. The molecule has 0 atom stereocenters. The second kappa shape index (κ2) is 4.93. The lowest BCUT2D eigenvalue weighted by Gasteiger charge is -2.01. The molecule has 88 valence electrons. The Bertz CT molecular complexity index is 525. The maximum Gasteiger partial charge on any atom is 0.235 e. The number of nitrogens with zero attached hydrogens (tertiary/aromatic N) is 1. The van der Waals surface area contributed by atoms with Crippen LogP contribution in [0.2, 0.25) is 0 Å². The predicted molar refractivity (Wildman–Crippen MR) is 69.0 cm³/mol. The van der Waals surface area contributed by atoms with E-state index in [1.165, 1.54) is 23.5 Å². The van der Waals surface area contributed by atoms with Gasteiger partial charge in [-0.05, 0) is 18.4 Å². The molecule has 1 aromatic carbocycles. The molecule has 0 aliphatic carbocycles. The number of hydrogen-bond acceptors (Lipinski definition) is 5. The van der Waals surface area contributed by atoms with Crippen LogP contribution in [-0.4, -0.2) is 23.5 Å². The van der Waals surface area contributed by atoms with Gasteiger partial charge in [0, 0.05) is 15.4 Å². The van der Waals surface area contributed by atoms with E-state index in [0.717, 1.165) is 4.90 Å². The zero-order chi connectivity index (χ0) is 12.4. The zero-order valence-corrected chi connectivity index (χ0v) is 10.6. The fraction of sp³-hybridized carbons (Fsp3) is 0.182. The quantitative estimate of drug-likeness (QED) is 0.479. The monoisotopic (exact) mass is 267 g/mol. The van der Waals surface area contributed by atoms with E-state index in [1.54, 1.807) is 18.4 Å². The Labute approximate surface area is 107 Å². The summed E-state index contributed by atoms with van der Waals surface area (Å²) in [5.74, 6) is -0.100. The number of nitro groups is 1. The predicted octanol–water partition coefficient (Wildman–Crippen LogP) is 2.83. The molecule has 0 unspecified atom stereocenters. The van der Waals surface area contributed by atoms with Crippen molar-refractivity contribution in [2.45, 2.75) is 4.90 Å². The molecule has 0 spiro atoms. The van der Waals surface area contributed by atoms with Gasteiger partial charge in [-0.25, -0.2) is 0 Å². The summed E-state index contributed by atoms with van der Waals surface area (Å²) in [7, 11) is 0. The molecule has 0 aromatic heterocycles. The molecule has 17 heavy (non-hydrogen) atoms. The van der Waals surface area contributed by atoms with Gasteiger partial charge in [-0.3, -0.25) is 14.9 Å². The van der Waals surface area contributed by atoms with Crippen molar-refractivity contribution < 1.29 is 9.72 Å². The normalized spacial score (nSPS) is 16.9. The molecule has 6 heteroatoms. The van der Waals surface area contributed by atoms with E-state index in [1.807, 2.05) is 12.1 Å². The summed E-state index contributed by atoms with van der Waals surface area (Å²) in [6, 6.07) is 7.26. The zero-order valence-electron chi connectivity index (χ0n) is 9.00. The van der Waals surface area contributed by atoms with Gasteiger partial charge in [-0.15, -0.1) is 11.8 Å². The summed E-state index contributed by atoms with van der Waals surface area (Å²) in [5, 5.41) is 10.5. The summed E-state index contributed by atoms with van der Waals surface area (Å²) < 4.78 is 0. The topological polar surface area (TPSA) is 60.2 Å². The first-order valence-electron chi connectivity index (χ1n) is 4.84. The van der Waals surface area contributed by atoms with Crippen molar-refractivity contribution in [3.8, 4) is 0 Å². The number of carbonyl (C=O) groups excluding carboxylic acids is 1. The van der Waals surface area contributed by atoms with Crippen LogP contribution in [0.25, 0.3) is 0 Å². The number of carbonyl (C=O) groups is 1. The number of ketones is 1. The highest BCUT2D eigenvalue weighted by Crippen LogP contribution is 2.43. The summed E-state index contributed by atoms with van der Waals surface area (Å²) in [6.45, 7) is -0.288. The van der Waals surface area contributed by atoms with Crippen LogP contribution in [0.4, 0.5) is 0 Å². The van der Waals surface area contributed by atoms with Gasteiger partial charge < -0.3 is 0 Å². The van der Waals surface area contributed by atoms with E-state index in [4.69, 9.17) is 0 Å². The van der Waals surface area contributed by atoms with Crippen molar-refractivity contribution in [2.24, 2.45) is 0 Å². The van der Waals surface area contributed by atoms with E-state index in [9.17, 15) is 14.9 Å². The lowest BCUT2D eigenvalue weighted by Crippen LogP contribution is -2.06. The molecule has 0 N–H and O–H groups in total. The van der Waals surface area contributed by atoms with Gasteiger partial charge in [-0.1, -0.05) is 23.9 Å². The Morgan fingerprint density at radius 2 is 2.18 bits per heavy atom. The molecule has 0 bridgehead atoms. The SMILES string of the molecule is CS/C(C[N+](=O)[O-])=C1/Sc2ccccc2C1=O. The smallest absolute Gasteiger partial charge is 0.235 e. The minimum Gasteiger partial charge on any atom is -0.288 e. The third-order valence-corrected chi connectivity index (χ3v) is 4.49. The summed E-state index contributed by atoms with van der Waals surface area (Å²) in [6.07, 6.45) is 1.75. The Hall–Kier alpha value is -1.27. The number of hydrogen-bond donors (Lipinski definition) is 0. The molecular formula is C11H9NO3S2. The van der Waals surface area contributed by atoms with Gasteiger partial charge >= 0.3 is 0 Å². The fourth-order valence-corrected chi connectivity index (χ4v) is 3.46. The summed E-state index contributed by atoms with van der Waals surface area (Å²) in [5.41, 5.74) is 0.641. The molecule has 1 heterocycles. The Kier molecular flexibility index (Phi) is 3.54. The molecule has 1 aliphatic heterocycles. The van der Waals surface area contributed by atoms with Crippen LogP contribution >= 0.6 is 23.5 Å². The van der Waals surface area contributed by atoms with Crippen molar-refractivity contribution in [3.05, 3.63) is 49.8 Å². The van der Waals surface area contributed by atoms with Crippen LogP contribution in [0, 0.1) is 10.1 Å². The van der Waals surface area contributed by atoms with Crippen molar-refractivity contribution in [1.29, 1.82) is 0 Å². The molecule has 0 saturated heterocycles. The molecule has 1 aliphatic rings. The largest absolute Gasteiger partial charge is 0.288 e. The minimum atomic E-state index is -0.407. The molecule has 0 amide bonds. The second-order valence-corrected chi connectivity index (χ2v) is 5.33. The first-order chi connectivity index (χ1) is 8.13. The number of allylic oxidation sites excluding steroid dienone is 1. The Morgan fingerprint density at radius 1 is 1.47 bits per heavy atom.